The topological polar surface area (TPSA) is 52.7 Å². The molecule has 0 aromatic heterocycles. The number of fused-ring (bicyclic) bond motifs is 2. The smallest absolute Gasteiger partial charge is 0.261 e. The first-order valence-corrected chi connectivity index (χ1v) is 9.43. The molecular weight excluding hydrogens is 326 g/mol. The second kappa shape index (κ2) is 5.55. The van der Waals surface area contributed by atoms with E-state index in [1.807, 2.05) is 37.4 Å². The molecule has 0 radical (unpaired) electrons. The first-order chi connectivity index (χ1) is 12.6. The number of imide groups is 1. The van der Waals surface area contributed by atoms with Crippen LogP contribution < -0.4 is 5.32 Å². The summed E-state index contributed by atoms with van der Waals surface area (Å²) in [5.74, 6) is -0.259. The molecule has 0 aliphatic carbocycles. The van der Waals surface area contributed by atoms with Crippen LogP contribution in [0.3, 0.4) is 0 Å². The van der Waals surface area contributed by atoms with Crippen molar-refractivity contribution < 1.29 is 9.59 Å². The normalized spacial score (nSPS) is 28.1. The van der Waals surface area contributed by atoms with Crippen LogP contribution >= 0.6 is 0 Å². The maximum Gasteiger partial charge on any atom is 0.261 e. The maximum absolute atomic E-state index is 13.3. The lowest BCUT2D eigenvalue weighted by molar-refractivity contribution is 0.0397. The van der Waals surface area contributed by atoms with Gasteiger partial charge < -0.3 is 10.2 Å². The SMILES string of the molecule is CNc1ccc2c3c(cccc13)C(=O)N(C1C[C@H]3CC[C@@H](C1)N3C)C2=O. The number of nitrogens with one attached hydrogen (secondary N) is 1. The number of anilines is 1. The minimum Gasteiger partial charge on any atom is -0.388 e. The molecule has 3 atom stereocenters. The summed E-state index contributed by atoms with van der Waals surface area (Å²) in [5.41, 5.74) is 2.25. The first kappa shape index (κ1) is 15.8. The fourth-order valence-corrected chi connectivity index (χ4v) is 5.26. The Kier molecular flexibility index (Phi) is 3.38. The van der Waals surface area contributed by atoms with Gasteiger partial charge in [0.2, 0.25) is 0 Å². The number of nitrogens with zero attached hydrogens (tertiary/aromatic N) is 2. The van der Waals surface area contributed by atoms with Crippen molar-refractivity contribution in [1.29, 1.82) is 0 Å². The molecule has 26 heavy (non-hydrogen) atoms. The van der Waals surface area contributed by atoms with Crippen molar-refractivity contribution in [3.63, 3.8) is 0 Å². The third-order valence-corrected chi connectivity index (χ3v) is 6.65. The molecule has 3 aliphatic heterocycles. The number of piperidine rings is 1. The van der Waals surface area contributed by atoms with Crippen LogP contribution in [-0.4, -0.2) is 53.8 Å². The van der Waals surface area contributed by atoms with Gasteiger partial charge in [0, 0.05) is 52.8 Å². The zero-order valence-electron chi connectivity index (χ0n) is 15.2. The summed E-state index contributed by atoms with van der Waals surface area (Å²) < 4.78 is 0. The summed E-state index contributed by atoms with van der Waals surface area (Å²) in [4.78, 5) is 30.6. The second-order valence-electron chi connectivity index (χ2n) is 7.79. The Morgan fingerprint density at radius 2 is 1.58 bits per heavy atom. The molecule has 0 spiro atoms. The molecule has 5 rings (SSSR count). The number of rotatable bonds is 2. The van der Waals surface area contributed by atoms with Crippen LogP contribution in [-0.2, 0) is 0 Å². The van der Waals surface area contributed by atoms with Crippen molar-refractivity contribution in [3.8, 4) is 0 Å². The molecule has 2 aromatic carbocycles. The van der Waals surface area contributed by atoms with Gasteiger partial charge in [-0.15, -0.1) is 0 Å². The average Bonchev–Trinajstić information content (AvgIpc) is 2.86. The summed E-state index contributed by atoms with van der Waals surface area (Å²) >= 11 is 0. The lowest BCUT2D eigenvalue weighted by Gasteiger charge is -2.42. The highest BCUT2D eigenvalue weighted by molar-refractivity contribution is 6.26. The minimum absolute atomic E-state index is 0.0103. The van der Waals surface area contributed by atoms with Gasteiger partial charge in [-0.3, -0.25) is 14.5 Å². The molecule has 1 N–H and O–H groups in total. The molecular formula is C21H23N3O2. The molecule has 2 amide bonds. The molecule has 2 bridgehead atoms. The molecule has 5 nitrogen and oxygen atoms in total. The summed E-state index contributed by atoms with van der Waals surface area (Å²) in [6, 6.07) is 10.5. The highest BCUT2D eigenvalue weighted by atomic mass is 16.2. The van der Waals surface area contributed by atoms with Crippen molar-refractivity contribution >= 4 is 28.3 Å². The monoisotopic (exact) mass is 349 g/mol. The van der Waals surface area contributed by atoms with Gasteiger partial charge in [-0.05, 0) is 50.9 Å². The molecule has 3 heterocycles. The quantitative estimate of drug-likeness (QED) is 0.847. The average molecular weight is 349 g/mol. The molecule has 2 fully saturated rings. The van der Waals surface area contributed by atoms with Crippen LogP contribution in [0.4, 0.5) is 5.69 Å². The zero-order chi connectivity index (χ0) is 18.0. The Bertz CT molecular complexity index is 902. The van der Waals surface area contributed by atoms with Crippen molar-refractivity contribution in [3.05, 3.63) is 41.5 Å². The molecule has 5 heteroatoms. The number of hydrogen-bond acceptors (Lipinski definition) is 4. The first-order valence-electron chi connectivity index (χ1n) is 9.43. The van der Waals surface area contributed by atoms with E-state index >= 15 is 0 Å². The molecule has 1 unspecified atom stereocenters. The third-order valence-electron chi connectivity index (χ3n) is 6.65. The second-order valence-corrected chi connectivity index (χ2v) is 7.79. The van der Waals surface area contributed by atoms with E-state index in [1.165, 1.54) is 12.8 Å². The van der Waals surface area contributed by atoms with Gasteiger partial charge >= 0.3 is 0 Å². The van der Waals surface area contributed by atoms with E-state index < -0.39 is 0 Å². The molecule has 2 aromatic rings. The largest absolute Gasteiger partial charge is 0.388 e. The number of benzene rings is 2. The summed E-state index contributed by atoms with van der Waals surface area (Å²) in [6.07, 6.45) is 4.13. The van der Waals surface area contributed by atoms with Gasteiger partial charge in [0.25, 0.3) is 11.8 Å². The van der Waals surface area contributed by atoms with Crippen LogP contribution in [0.25, 0.3) is 10.8 Å². The maximum atomic E-state index is 13.3. The van der Waals surface area contributed by atoms with Crippen molar-refractivity contribution in [1.82, 2.24) is 9.80 Å². The summed E-state index contributed by atoms with van der Waals surface area (Å²) in [6.45, 7) is 0. The number of carbonyl (C=O) groups excluding carboxylic acids is 2. The lowest BCUT2D eigenvalue weighted by atomic mass is 9.89. The Hall–Kier alpha value is -2.40. The third kappa shape index (κ3) is 2.01. The van der Waals surface area contributed by atoms with Crippen LogP contribution in [0.15, 0.2) is 30.3 Å². The highest BCUT2D eigenvalue weighted by Crippen LogP contribution is 2.40. The van der Waals surface area contributed by atoms with E-state index in [2.05, 4.69) is 17.3 Å². The van der Waals surface area contributed by atoms with Crippen molar-refractivity contribution in [2.45, 2.75) is 43.8 Å². The molecule has 0 saturated carbocycles. The van der Waals surface area contributed by atoms with Crippen molar-refractivity contribution in [2.24, 2.45) is 0 Å². The van der Waals surface area contributed by atoms with Gasteiger partial charge in [0.15, 0.2) is 0 Å². The van der Waals surface area contributed by atoms with Crippen LogP contribution in [0, 0.1) is 0 Å². The van der Waals surface area contributed by atoms with E-state index in [4.69, 9.17) is 0 Å². The summed E-state index contributed by atoms with van der Waals surface area (Å²) in [7, 11) is 4.03. The van der Waals surface area contributed by atoms with E-state index in [0.717, 1.165) is 29.3 Å². The molecule has 3 aliphatic rings. The predicted molar refractivity (Wildman–Crippen MR) is 102 cm³/mol. The molecule has 134 valence electrons. The minimum atomic E-state index is -0.129. The van der Waals surface area contributed by atoms with E-state index in [9.17, 15) is 9.59 Å². The Morgan fingerprint density at radius 1 is 0.923 bits per heavy atom. The molecule has 2 saturated heterocycles. The summed E-state index contributed by atoms with van der Waals surface area (Å²) in [5, 5.41) is 4.89. The fraction of sp³-hybridized carbons (Fsp3) is 0.429. The fourth-order valence-electron chi connectivity index (χ4n) is 5.26. The Morgan fingerprint density at radius 3 is 2.23 bits per heavy atom. The number of amides is 2. The van der Waals surface area contributed by atoms with Gasteiger partial charge in [0.1, 0.15) is 0 Å². The van der Waals surface area contributed by atoms with Crippen LogP contribution in [0.2, 0.25) is 0 Å². The van der Waals surface area contributed by atoms with Gasteiger partial charge in [0.05, 0.1) is 0 Å². The van der Waals surface area contributed by atoms with Gasteiger partial charge in [-0.2, -0.15) is 0 Å². The van der Waals surface area contributed by atoms with Crippen LogP contribution in [0.5, 0.6) is 0 Å². The highest BCUT2D eigenvalue weighted by Gasteiger charge is 2.45. The lowest BCUT2D eigenvalue weighted by Crippen LogP contribution is -2.54. The van der Waals surface area contributed by atoms with Crippen molar-refractivity contribution in [2.75, 3.05) is 19.4 Å². The predicted octanol–water partition coefficient (Wildman–Crippen LogP) is 3.10. The van der Waals surface area contributed by atoms with Gasteiger partial charge in [-0.1, -0.05) is 12.1 Å². The Labute approximate surface area is 153 Å². The standard InChI is InChI=1S/C21H23N3O2/c1-22-18-9-8-17-19-15(18)4-3-5-16(19)20(25)24(21(17)26)14-10-12-6-7-13(11-14)23(12)2/h3-5,8-9,12-14,22H,6-7,10-11H2,1-2H3/t12-,13+,14?. The van der Waals surface area contributed by atoms with E-state index in [-0.39, 0.29) is 17.9 Å². The zero-order valence-corrected chi connectivity index (χ0v) is 15.2. The number of hydrogen-bond donors (Lipinski definition) is 1. The van der Waals surface area contributed by atoms with E-state index in [1.54, 1.807) is 4.90 Å². The van der Waals surface area contributed by atoms with Gasteiger partial charge in [-0.25, -0.2) is 0 Å². The Balaban J connectivity index is 1.61. The number of carbonyl (C=O) groups is 2. The van der Waals surface area contributed by atoms with E-state index in [0.29, 0.717) is 23.2 Å². The van der Waals surface area contributed by atoms with Crippen LogP contribution in [0.1, 0.15) is 46.4 Å².